The van der Waals surface area contributed by atoms with E-state index in [-0.39, 0.29) is 17.5 Å². The predicted octanol–water partition coefficient (Wildman–Crippen LogP) is 5.99. The molecule has 0 amide bonds. The summed E-state index contributed by atoms with van der Waals surface area (Å²) in [5.74, 6) is -0.959. The quantitative estimate of drug-likeness (QED) is 0.426. The molecule has 0 unspecified atom stereocenters. The molecule has 0 N–H and O–H groups in total. The third kappa shape index (κ3) is 3.56. The molecule has 0 fully saturated rings. The van der Waals surface area contributed by atoms with Crippen LogP contribution < -0.4 is 0 Å². The molecule has 1 aromatic heterocycles. The van der Waals surface area contributed by atoms with Gasteiger partial charge in [-0.1, -0.05) is 12.1 Å². The van der Waals surface area contributed by atoms with Gasteiger partial charge in [0.25, 0.3) is 0 Å². The largest absolute Gasteiger partial charge is 0.260 e. The highest BCUT2D eigenvalue weighted by Crippen LogP contribution is 2.32. The minimum atomic E-state index is -0.323. The first kappa shape index (κ1) is 18.0. The summed E-state index contributed by atoms with van der Waals surface area (Å²) in [5.41, 5.74) is 4.74. The zero-order valence-electron chi connectivity index (χ0n) is 15.2. The molecule has 0 atom stereocenters. The monoisotopic (exact) mass is 378 g/mol. The van der Waals surface area contributed by atoms with E-state index in [0.29, 0.717) is 12.2 Å². The van der Waals surface area contributed by atoms with Crippen LogP contribution in [-0.2, 0) is 6.54 Å². The molecule has 4 aromatic rings. The first-order valence-electron chi connectivity index (χ1n) is 8.85. The van der Waals surface area contributed by atoms with Crippen molar-refractivity contribution >= 4 is 0 Å². The number of hydrogen-bond acceptors (Lipinski definition) is 1. The lowest BCUT2D eigenvalue weighted by atomic mass is 10.0. The van der Waals surface area contributed by atoms with Crippen molar-refractivity contribution in [3.05, 3.63) is 101 Å². The Morgan fingerprint density at radius 2 is 1.36 bits per heavy atom. The molecule has 0 aliphatic heterocycles. The van der Waals surface area contributed by atoms with Crippen LogP contribution in [0.5, 0.6) is 0 Å². The average Bonchev–Trinajstić information content (AvgIpc) is 2.99. The molecule has 28 heavy (non-hydrogen) atoms. The van der Waals surface area contributed by atoms with Gasteiger partial charge in [-0.2, -0.15) is 5.10 Å². The van der Waals surface area contributed by atoms with E-state index in [1.807, 2.05) is 13.0 Å². The molecule has 3 aromatic carbocycles. The van der Waals surface area contributed by atoms with Gasteiger partial charge in [0.05, 0.1) is 17.9 Å². The topological polar surface area (TPSA) is 17.8 Å². The van der Waals surface area contributed by atoms with Crippen molar-refractivity contribution < 1.29 is 13.2 Å². The van der Waals surface area contributed by atoms with Gasteiger partial charge in [0.2, 0.25) is 0 Å². The fraction of sp³-hybridized carbons (Fsp3) is 0.0870. The zero-order valence-corrected chi connectivity index (χ0v) is 15.2. The van der Waals surface area contributed by atoms with Crippen LogP contribution in [0.3, 0.4) is 0 Å². The van der Waals surface area contributed by atoms with Gasteiger partial charge in [-0.15, -0.1) is 0 Å². The maximum atomic E-state index is 13.6. The Morgan fingerprint density at radius 3 is 1.96 bits per heavy atom. The minimum Gasteiger partial charge on any atom is -0.260 e. The van der Waals surface area contributed by atoms with Crippen LogP contribution in [0.15, 0.2) is 72.8 Å². The van der Waals surface area contributed by atoms with Crippen molar-refractivity contribution in [2.45, 2.75) is 13.5 Å². The Kier molecular flexibility index (Phi) is 4.74. The summed E-state index contributed by atoms with van der Waals surface area (Å²) >= 11 is 0. The van der Waals surface area contributed by atoms with Gasteiger partial charge in [0.1, 0.15) is 17.5 Å². The molecular formula is C23H17F3N2. The Balaban J connectivity index is 1.86. The van der Waals surface area contributed by atoms with Gasteiger partial charge in [-0.05, 0) is 73.2 Å². The SMILES string of the molecule is Cc1c(-c2ccc(F)cc2)nn(Cc2cccc(F)c2)c1-c1ccc(F)cc1. The molecule has 0 saturated carbocycles. The minimum absolute atomic E-state index is 0.316. The molecular weight excluding hydrogens is 361 g/mol. The van der Waals surface area contributed by atoms with E-state index in [4.69, 9.17) is 5.10 Å². The van der Waals surface area contributed by atoms with E-state index in [9.17, 15) is 13.2 Å². The van der Waals surface area contributed by atoms with Crippen LogP contribution >= 0.6 is 0 Å². The highest BCUT2D eigenvalue weighted by Gasteiger charge is 2.18. The van der Waals surface area contributed by atoms with E-state index in [1.54, 1.807) is 35.0 Å². The van der Waals surface area contributed by atoms with E-state index in [2.05, 4.69) is 0 Å². The fourth-order valence-electron chi connectivity index (χ4n) is 3.33. The van der Waals surface area contributed by atoms with E-state index in [0.717, 1.165) is 27.9 Å². The highest BCUT2D eigenvalue weighted by molar-refractivity contribution is 5.74. The lowest BCUT2D eigenvalue weighted by molar-refractivity contribution is 0.619. The van der Waals surface area contributed by atoms with Gasteiger partial charge in [-0.3, -0.25) is 4.68 Å². The summed E-state index contributed by atoms with van der Waals surface area (Å²) in [6.45, 7) is 2.28. The second-order valence-electron chi connectivity index (χ2n) is 6.62. The average molecular weight is 378 g/mol. The van der Waals surface area contributed by atoms with Crippen LogP contribution in [-0.4, -0.2) is 9.78 Å². The third-order valence-corrected chi connectivity index (χ3v) is 4.65. The number of benzene rings is 3. The molecule has 4 rings (SSSR count). The molecule has 2 nitrogen and oxygen atoms in total. The molecule has 1 heterocycles. The van der Waals surface area contributed by atoms with Crippen LogP contribution in [0.4, 0.5) is 13.2 Å². The predicted molar refractivity (Wildman–Crippen MR) is 103 cm³/mol. The second-order valence-corrected chi connectivity index (χ2v) is 6.62. The Morgan fingerprint density at radius 1 is 0.750 bits per heavy atom. The van der Waals surface area contributed by atoms with Gasteiger partial charge >= 0.3 is 0 Å². The highest BCUT2D eigenvalue weighted by atomic mass is 19.1. The van der Waals surface area contributed by atoms with Crippen molar-refractivity contribution in [1.29, 1.82) is 0 Å². The molecule has 0 aliphatic rings. The standard InChI is InChI=1S/C23H17F3N2/c1-15-22(17-5-9-19(24)10-6-17)27-28(14-16-3-2-4-21(26)13-16)23(15)18-7-11-20(25)12-8-18/h2-13H,14H2,1H3. The smallest absolute Gasteiger partial charge is 0.123 e. The van der Waals surface area contributed by atoms with Crippen molar-refractivity contribution in [3.63, 3.8) is 0 Å². The molecule has 5 heteroatoms. The number of rotatable bonds is 4. The molecule has 0 saturated heterocycles. The van der Waals surface area contributed by atoms with E-state index >= 15 is 0 Å². The molecule has 0 radical (unpaired) electrons. The fourth-order valence-corrected chi connectivity index (χ4v) is 3.33. The first-order chi connectivity index (χ1) is 13.5. The Hall–Kier alpha value is -3.34. The van der Waals surface area contributed by atoms with Crippen molar-refractivity contribution in [2.24, 2.45) is 0 Å². The van der Waals surface area contributed by atoms with Crippen LogP contribution in [0.25, 0.3) is 22.5 Å². The van der Waals surface area contributed by atoms with Gasteiger partial charge in [0, 0.05) is 16.7 Å². The number of halogens is 3. The summed E-state index contributed by atoms with van der Waals surface area (Å²) in [4.78, 5) is 0. The van der Waals surface area contributed by atoms with Gasteiger partial charge in [-0.25, -0.2) is 13.2 Å². The number of hydrogen-bond donors (Lipinski definition) is 0. The number of nitrogens with zero attached hydrogens (tertiary/aromatic N) is 2. The van der Waals surface area contributed by atoms with Crippen LogP contribution in [0, 0.1) is 24.4 Å². The molecule has 0 spiro atoms. The van der Waals surface area contributed by atoms with E-state index < -0.39 is 0 Å². The van der Waals surface area contributed by atoms with Crippen molar-refractivity contribution in [3.8, 4) is 22.5 Å². The summed E-state index contributed by atoms with van der Waals surface area (Å²) in [7, 11) is 0. The lowest BCUT2D eigenvalue weighted by Gasteiger charge is -2.09. The van der Waals surface area contributed by atoms with E-state index in [1.165, 1.54) is 36.4 Å². The first-order valence-corrected chi connectivity index (χ1v) is 8.85. The molecule has 140 valence electrons. The van der Waals surface area contributed by atoms with Gasteiger partial charge in [0.15, 0.2) is 0 Å². The summed E-state index contributed by atoms with van der Waals surface area (Å²) < 4.78 is 42.1. The summed E-state index contributed by atoms with van der Waals surface area (Å²) in [6, 6.07) is 18.6. The summed E-state index contributed by atoms with van der Waals surface area (Å²) in [6.07, 6.45) is 0. The Labute approximate surface area is 160 Å². The molecule has 0 bridgehead atoms. The molecule has 0 aliphatic carbocycles. The van der Waals surface area contributed by atoms with Crippen molar-refractivity contribution in [2.75, 3.05) is 0 Å². The second kappa shape index (κ2) is 7.35. The van der Waals surface area contributed by atoms with Crippen LogP contribution in [0.2, 0.25) is 0 Å². The van der Waals surface area contributed by atoms with Crippen LogP contribution in [0.1, 0.15) is 11.1 Å². The Bertz CT molecular complexity index is 1110. The maximum absolute atomic E-state index is 13.6. The normalized spacial score (nSPS) is 11.0. The number of aromatic nitrogens is 2. The lowest BCUT2D eigenvalue weighted by Crippen LogP contribution is -2.04. The summed E-state index contributed by atoms with van der Waals surface area (Å²) in [5, 5.41) is 4.71. The third-order valence-electron chi connectivity index (χ3n) is 4.65. The van der Waals surface area contributed by atoms with Crippen molar-refractivity contribution in [1.82, 2.24) is 9.78 Å². The maximum Gasteiger partial charge on any atom is 0.123 e. The van der Waals surface area contributed by atoms with Gasteiger partial charge < -0.3 is 0 Å². The zero-order chi connectivity index (χ0) is 19.7.